The summed E-state index contributed by atoms with van der Waals surface area (Å²) in [6.07, 6.45) is -0.823. The van der Waals surface area contributed by atoms with Gasteiger partial charge in [0.1, 0.15) is 42.1 Å². The number of hydrogen-bond donors (Lipinski definition) is 10. The summed E-state index contributed by atoms with van der Waals surface area (Å²) in [5.74, 6) is -7.23. The standard InChI is InChI=1S/C39H53N7O12/c1-2-3-5-11-26-20-32(49)42-31(22-47)37(55)45-28(18-23-9-6-4-7-10-23)36(54)44-29(19-24-13-15-25(48)16-14-24)35(53)43-27(12-8-17-41-39(40)57)34(52)46-30(21-33(50)51)38(56)58-26/h4,6-7,9-10,13-16,26-31,47-48H,2-3,5,8,11-12,17-22H2,1H3,(H,42,49)(H,43,53)(H,44,54)(H,45,55)(H,46,52)(H,50,51)(H3,40,41,57)/t26-,27+,28-,29-,30-,31-/m0/s1. The molecule has 3 rings (SSSR count). The number of benzene rings is 2. The number of cyclic esters (lactones) is 1. The van der Waals surface area contributed by atoms with Gasteiger partial charge in [-0.1, -0.05) is 62.2 Å². The van der Waals surface area contributed by atoms with Crippen molar-refractivity contribution >= 4 is 47.5 Å². The van der Waals surface area contributed by atoms with Crippen LogP contribution in [0.25, 0.3) is 0 Å². The molecule has 19 nitrogen and oxygen atoms in total. The van der Waals surface area contributed by atoms with E-state index in [2.05, 4.69) is 31.9 Å². The van der Waals surface area contributed by atoms with E-state index in [0.717, 1.165) is 6.42 Å². The van der Waals surface area contributed by atoms with E-state index in [0.29, 0.717) is 24.0 Å². The van der Waals surface area contributed by atoms with E-state index >= 15 is 0 Å². The summed E-state index contributed by atoms with van der Waals surface area (Å²) in [5.41, 5.74) is 6.25. The van der Waals surface area contributed by atoms with Gasteiger partial charge in [0, 0.05) is 19.4 Å². The number of primary amides is 1. The maximum Gasteiger partial charge on any atom is 0.329 e. The average molecular weight is 812 g/mol. The Hall–Kier alpha value is -6.24. The number of carboxylic acids is 1. The predicted molar refractivity (Wildman–Crippen MR) is 206 cm³/mol. The Morgan fingerprint density at radius 2 is 1.28 bits per heavy atom. The highest BCUT2D eigenvalue weighted by Crippen LogP contribution is 2.15. The van der Waals surface area contributed by atoms with Crippen molar-refractivity contribution in [3.63, 3.8) is 0 Å². The molecule has 11 N–H and O–H groups in total. The number of aliphatic hydroxyl groups is 1. The minimum absolute atomic E-state index is 0.0273. The van der Waals surface area contributed by atoms with E-state index in [4.69, 9.17) is 10.5 Å². The lowest BCUT2D eigenvalue weighted by Gasteiger charge is -2.27. The van der Waals surface area contributed by atoms with Crippen LogP contribution in [0.2, 0.25) is 0 Å². The van der Waals surface area contributed by atoms with Crippen molar-refractivity contribution in [1.82, 2.24) is 31.9 Å². The zero-order chi connectivity index (χ0) is 42.6. The summed E-state index contributed by atoms with van der Waals surface area (Å²) < 4.78 is 5.60. The SMILES string of the molecule is CCCCC[C@H]1CC(=O)N[C@@H](CO)C(=O)N[C@@H](Cc2ccccc2)C(=O)N[C@@H](Cc2ccc(O)cc2)C(=O)N[C@H](CCCNC(N)=O)C(=O)N[C@@H](CC(=O)O)C(=O)O1. The Labute approximate surface area is 335 Å². The minimum Gasteiger partial charge on any atom is -0.508 e. The second-order valence-electron chi connectivity index (χ2n) is 13.9. The third kappa shape index (κ3) is 16.1. The third-order valence-electron chi connectivity index (χ3n) is 9.17. The van der Waals surface area contributed by atoms with Crippen molar-refractivity contribution in [2.75, 3.05) is 13.2 Å². The number of urea groups is 1. The lowest BCUT2D eigenvalue weighted by atomic mass is 10.0. The smallest absolute Gasteiger partial charge is 0.329 e. The molecule has 1 saturated heterocycles. The molecule has 7 amide bonds. The zero-order valence-electron chi connectivity index (χ0n) is 32.2. The molecule has 316 valence electrons. The van der Waals surface area contributed by atoms with Crippen LogP contribution in [0.5, 0.6) is 5.75 Å². The Bertz CT molecular complexity index is 1730. The number of ether oxygens (including phenoxy) is 1. The van der Waals surface area contributed by atoms with E-state index in [1.54, 1.807) is 30.3 Å². The van der Waals surface area contributed by atoms with Gasteiger partial charge in [-0.3, -0.25) is 28.8 Å². The van der Waals surface area contributed by atoms with Gasteiger partial charge in [-0.15, -0.1) is 0 Å². The maximum absolute atomic E-state index is 14.1. The summed E-state index contributed by atoms with van der Waals surface area (Å²) in [4.78, 5) is 106. The van der Waals surface area contributed by atoms with Crippen LogP contribution in [-0.2, 0) is 51.1 Å². The Balaban J connectivity index is 2.11. The molecule has 0 saturated carbocycles. The zero-order valence-corrected chi connectivity index (χ0v) is 32.2. The number of unbranched alkanes of at least 4 members (excludes halogenated alkanes) is 2. The van der Waals surface area contributed by atoms with Gasteiger partial charge >= 0.3 is 18.0 Å². The molecular formula is C39H53N7O12. The molecule has 0 radical (unpaired) electrons. The van der Waals surface area contributed by atoms with E-state index in [1.165, 1.54) is 24.3 Å². The monoisotopic (exact) mass is 811 g/mol. The van der Waals surface area contributed by atoms with Crippen molar-refractivity contribution in [1.29, 1.82) is 0 Å². The number of nitrogens with one attached hydrogen (secondary N) is 6. The third-order valence-corrected chi connectivity index (χ3v) is 9.17. The quantitative estimate of drug-likeness (QED) is 0.0798. The van der Waals surface area contributed by atoms with Gasteiger partial charge < -0.3 is 57.7 Å². The molecule has 0 unspecified atom stereocenters. The van der Waals surface area contributed by atoms with Gasteiger partial charge in [-0.05, 0) is 48.9 Å². The number of phenols is 1. The Kier molecular flexibility index (Phi) is 18.9. The summed E-state index contributed by atoms with van der Waals surface area (Å²) in [5, 5.41) is 44.5. The average Bonchev–Trinajstić information content (AvgIpc) is 3.17. The predicted octanol–water partition coefficient (Wildman–Crippen LogP) is -0.587. The number of aromatic hydroxyl groups is 1. The van der Waals surface area contributed by atoms with Crippen LogP contribution in [-0.4, -0.2) is 112 Å². The molecule has 0 aliphatic carbocycles. The highest BCUT2D eigenvalue weighted by Gasteiger charge is 2.35. The van der Waals surface area contributed by atoms with Crippen LogP contribution < -0.4 is 37.6 Å². The first-order valence-corrected chi connectivity index (χ1v) is 19.1. The number of aliphatic carboxylic acids is 1. The van der Waals surface area contributed by atoms with Gasteiger partial charge in [0.15, 0.2) is 0 Å². The molecule has 1 aliphatic rings. The van der Waals surface area contributed by atoms with E-state index in [9.17, 15) is 53.7 Å². The summed E-state index contributed by atoms with van der Waals surface area (Å²) in [6, 6.07) is 5.83. The number of esters is 1. The fourth-order valence-electron chi connectivity index (χ4n) is 6.11. The first-order chi connectivity index (χ1) is 27.7. The van der Waals surface area contributed by atoms with Gasteiger partial charge in [-0.25, -0.2) is 9.59 Å². The lowest BCUT2D eigenvalue weighted by molar-refractivity contribution is -0.157. The maximum atomic E-state index is 14.1. The molecule has 1 aliphatic heterocycles. The number of hydrogen-bond acceptors (Lipinski definition) is 11. The lowest BCUT2D eigenvalue weighted by Crippen LogP contribution is -2.60. The van der Waals surface area contributed by atoms with Gasteiger partial charge in [0.25, 0.3) is 0 Å². The van der Waals surface area contributed by atoms with Crippen LogP contribution in [0.15, 0.2) is 54.6 Å². The second-order valence-corrected chi connectivity index (χ2v) is 13.9. The number of phenolic OH excluding ortho intramolecular Hbond substituents is 1. The van der Waals surface area contributed by atoms with Gasteiger partial charge in [0.05, 0.1) is 19.4 Å². The van der Waals surface area contributed by atoms with Gasteiger partial charge in [0.2, 0.25) is 29.5 Å². The summed E-state index contributed by atoms with van der Waals surface area (Å²) in [6.45, 7) is 1.01. The number of carboxylic acid groups (broad SMARTS) is 1. The van der Waals surface area contributed by atoms with E-state index < -0.39 is 103 Å². The molecular weight excluding hydrogens is 758 g/mol. The van der Waals surface area contributed by atoms with Crippen molar-refractivity contribution in [3.8, 4) is 5.75 Å². The van der Waals surface area contributed by atoms with Crippen molar-refractivity contribution < 1.29 is 58.4 Å². The Morgan fingerprint density at radius 3 is 1.84 bits per heavy atom. The fraction of sp³-hybridized carbons (Fsp3) is 0.487. The fourth-order valence-corrected chi connectivity index (χ4v) is 6.11. The van der Waals surface area contributed by atoms with Crippen LogP contribution in [0.1, 0.15) is 69.4 Å². The highest BCUT2D eigenvalue weighted by atomic mass is 16.5. The Morgan fingerprint density at radius 1 is 0.724 bits per heavy atom. The molecule has 19 heteroatoms. The van der Waals surface area contributed by atoms with E-state index in [1.807, 2.05) is 6.92 Å². The number of carbonyl (C=O) groups is 8. The first-order valence-electron chi connectivity index (χ1n) is 19.1. The van der Waals surface area contributed by atoms with Crippen LogP contribution in [0.3, 0.4) is 0 Å². The molecule has 58 heavy (non-hydrogen) atoms. The number of nitrogens with two attached hydrogens (primary N) is 1. The molecule has 2 aromatic rings. The molecule has 0 aromatic heterocycles. The van der Waals surface area contributed by atoms with E-state index in [-0.39, 0.29) is 44.4 Å². The van der Waals surface area contributed by atoms with Crippen LogP contribution >= 0.6 is 0 Å². The van der Waals surface area contributed by atoms with Crippen LogP contribution in [0.4, 0.5) is 4.79 Å². The molecule has 1 fully saturated rings. The molecule has 1 heterocycles. The number of carbonyl (C=O) groups excluding carboxylic acids is 7. The summed E-state index contributed by atoms with van der Waals surface area (Å²) >= 11 is 0. The van der Waals surface area contributed by atoms with Crippen molar-refractivity contribution in [3.05, 3.63) is 65.7 Å². The molecule has 2 aromatic carbocycles. The number of amides is 7. The number of rotatable bonds is 15. The molecule has 0 bridgehead atoms. The van der Waals surface area contributed by atoms with Crippen molar-refractivity contribution in [2.45, 2.75) is 107 Å². The normalized spacial score (nSPS) is 22.7. The highest BCUT2D eigenvalue weighted by molar-refractivity contribution is 5.97. The molecule has 0 spiro atoms. The molecule has 6 atom stereocenters. The topological polar surface area (TPSA) is 305 Å². The minimum atomic E-state index is -1.78. The van der Waals surface area contributed by atoms with Crippen LogP contribution in [0, 0.1) is 0 Å². The largest absolute Gasteiger partial charge is 0.508 e. The first kappa shape index (κ1) is 46.1. The van der Waals surface area contributed by atoms with Gasteiger partial charge in [-0.2, -0.15) is 0 Å². The summed E-state index contributed by atoms with van der Waals surface area (Å²) in [7, 11) is 0. The second kappa shape index (κ2) is 23.7. The van der Waals surface area contributed by atoms with Crippen molar-refractivity contribution in [2.24, 2.45) is 5.73 Å². The number of aliphatic hydroxyl groups excluding tert-OH is 1.